The van der Waals surface area contributed by atoms with E-state index in [0.29, 0.717) is 17.1 Å². The Bertz CT molecular complexity index is 678. The minimum atomic E-state index is -1.09. The zero-order chi connectivity index (χ0) is 15.4. The lowest BCUT2D eigenvalue weighted by Gasteiger charge is -2.10. The Kier molecular flexibility index (Phi) is 4.70. The lowest BCUT2D eigenvalue weighted by atomic mass is 10.1. The average molecular weight is 305 g/mol. The summed E-state index contributed by atoms with van der Waals surface area (Å²) in [5.74, 6) is 0.00285. The summed E-state index contributed by atoms with van der Waals surface area (Å²) < 4.78 is 5.42. The van der Waals surface area contributed by atoms with Gasteiger partial charge in [0.05, 0.1) is 17.0 Å². The summed E-state index contributed by atoms with van der Waals surface area (Å²) in [7, 11) is 0. The van der Waals surface area contributed by atoms with Gasteiger partial charge >= 0.3 is 5.97 Å². The molecule has 0 radical (unpaired) electrons. The maximum absolute atomic E-state index is 12.2. The molecule has 0 atom stereocenters. The molecule has 1 amide bonds. The molecule has 5 nitrogen and oxygen atoms in total. The van der Waals surface area contributed by atoms with Crippen molar-refractivity contribution < 1.29 is 19.1 Å². The van der Waals surface area contributed by atoms with Crippen molar-refractivity contribution in [3.63, 3.8) is 0 Å². The van der Waals surface area contributed by atoms with Crippen LogP contribution in [0.4, 0.5) is 5.69 Å². The molecule has 0 saturated carbocycles. The molecule has 1 aromatic carbocycles. The molecule has 2 N–H and O–H groups in total. The number of nitrogens with one attached hydrogen (secondary N) is 1. The van der Waals surface area contributed by atoms with Gasteiger partial charge in [-0.3, -0.25) is 4.79 Å². The van der Waals surface area contributed by atoms with Crippen LogP contribution in [-0.4, -0.2) is 23.2 Å². The third-order valence-electron chi connectivity index (χ3n) is 2.91. The molecule has 1 heterocycles. The first-order valence-corrected chi connectivity index (χ1v) is 7.64. The predicted octanol–water partition coefficient (Wildman–Crippen LogP) is 3.40. The van der Waals surface area contributed by atoms with E-state index in [4.69, 9.17) is 4.42 Å². The van der Waals surface area contributed by atoms with E-state index in [2.05, 4.69) is 5.32 Å². The van der Waals surface area contributed by atoms with Crippen LogP contribution in [-0.2, 0) is 5.75 Å². The van der Waals surface area contributed by atoms with Crippen LogP contribution < -0.4 is 5.32 Å². The van der Waals surface area contributed by atoms with Gasteiger partial charge in [0.2, 0.25) is 0 Å². The first-order valence-electron chi connectivity index (χ1n) is 6.25. The van der Waals surface area contributed by atoms with Crippen LogP contribution in [0.3, 0.4) is 0 Å². The van der Waals surface area contributed by atoms with Crippen LogP contribution in [0.2, 0.25) is 0 Å². The zero-order valence-corrected chi connectivity index (χ0v) is 12.5. The van der Waals surface area contributed by atoms with Gasteiger partial charge in [-0.2, -0.15) is 11.8 Å². The molecule has 1 aromatic heterocycles. The Balaban J connectivity index is 2.25. The quantitative estimate of drug-likeness (QED) is 0.885. The van der Waals surface area contributed by atoms with Gasteiger partial charge in [0, 0.05) is 0 Å². The second-order valence-corrected chi connectivity index (χ2v) is 5.32. The second-order valence-electron chi connectivity index (χ2n) is 4.46. The Morgan fingerprint density at radius 2 is 2.05 bits per heavy atom. The Morgan fingerprint density at radius 1 is 1.29 bits per heavy atom. The Labute approximate surface area is 126 Å². The van der Waals surface area contributed by atoms with E-state index in [1.165, 1.54) is 6.07 Å². The third-order valence-corrected chi connectivity index (χ3v) is 3.49. The number of carbonyl (C=O) groups excluding carboxylic acids is 1. The highest BCUT2D eigenvalue weighted by Crippen LogP contribution is 2.22. The van der Waals surface area contributed by atoms with Gasteiger partial charge in [0.25, 0.3) is 5.91 Å². The molecule has 110 valence electrons. The first kappa shape index (κ1) is 15.2. The van der Waals surface area contributed by atoms with E-state index < -0.39 is 11.9 Å². The van der Waals surface area contributed by atoms with E-state index in [9.17, 15) is 14.7 Å². The van der Waals surface area contributed by atoms with Crippen molar-refractivity contribution in [2.75, 3.05) is 11.6 Å². The zero-order valence-electron chi connectivity index (χ0n) is 11.7. The molecule has 2 aromatic rings. The molecular formula is C15H15NO4S. The van der Waals surface area contributed by atoms with Crippen LogP contribution in [0.25, 0.3) is 0 Å². The number of hydrogen-bond acceptors (Lipinski definition) is 4. The van der Waals surface area contributed by atoms with E-state index in [-0.39, 0.29) is 17.0 Å². The number of aromatic carboxylic acids is 1. The lowest BCUT2D eigenvalue weighted by Crippen LogP contribution is -2.15. The first-order chi connectivity index (χ1) is 10.0. The maximum Gasteiger partial charge on any atom is 0.337 e. The number of furan rings is 1. The number of thioether (sulfide) groups is 1. The van der Waals surface area contributed by atoms with Gasteiger partial charge in [-0.15, -0.1) is 0 Å². The fourth-order valence-electron chi connectivity index (χ4n) is 1.91. The van der Waals surface area contributed by atoms with Crippen LogP contribution in [0, 0.1) is 6.92 Å². The second kappa shape index (κ2) is 6.49. The van der Waals surface area contributed by atoms with Crippen LogP contribution in [0.15, 0.2) is 34.7 Å². The Morgan fingerprint density at radius 3 is 2.71 bits per heavy atom. The molecule has 0 aliphatic rings. The van der Waals surface area contributed by atoms with Crippen molar-refractivity contribution in [3.8, 4) is 0 Å². The number of anilines is 1. The van der Waals surface area contributed by atoms with Crippen molar-refractivity contribution in [1.29, 1.82) is 0 Å². The summed E-state index contributed by atoms with van der Waals surface area (Å²) >= 11 is 1.59. The number of carboxylic acids is 1. The molecule has 0 bridgehead atoms. The van der Waals surface area contributed by atoms with Gasteiger partial charge in [-0.1, -0.05) is 12.1 Å². The van der Waals surface area contributed by atoms with Crippen molar-refractivity contribution in [1.82, 2.24) is 0 Å². The molecule has 0 saturated heterocycles. The molecule has 0 aliphatic carbocycles. The molecular weight excluding hydrogens is 290 g/mol. The average Bonchev–Trinajstić information content (AvgIpc) is 2.90. The number of carbonyl (C=O) groups is 2. The maximum atomic E-state index is 12.2. The summed E-state index contributed by atoms with van der Waals surface area (Å²) in [6.07, 6.45) is 1.94. The number of carboxylic acid groups (broad SMARTS) is 1. The van der Waals surface area contributed by atoms with Crippen LogP contribution in [0.1, 0.15) is 32.2 Å². The number of para-hydroxylation sites is 1. The molecule has 6 heteroatoms. The van der Waals surface area contributed by atoms with Crippen molar-refractivity contribution in [3.05, 3.63) is 53.0 Å². The third kappa shape index (κ3) is 3.46. The molecule has 0 unspecified atom stereocenters. The highest BCUT2D eigenvalue weighted by Gasteiger charge is 2.17. The fourth-order valence-corrected chi connectivity index (χ4v) is 2.35. The van der Waals surface area contributed by atoms with Crippen LogP contribution in [0.5, 0.6) is 0 Å². The van der Waals surface area contributed by atoms with Gasteiger partial charge in [0.15, 0.2) is 5.76 Å². The highest BCUT2D eigenvalue weighted by molar-refractivity contribution is 7.97. The summed E-state index contributed by atoms with van der Waals surface area (Å²) in [6.45, 7) is 1.74. The van der Waals surface area contributed by atoms with E-state index in [1.807, 2.05) is 6.26 Å². The van der Waals surface area contributed by atoms with E-state index in [0.717, 1.165) is 0 Å². The van der Waals surface area contributed by atoms with Gasteiger partial charge < -0.3 is 14.8 Å². The SMILES string of the molecule is CSCc1ccc(C(=O)Nc2c(C)cccc2C(=O)O)o1. The van der Waals surface area contributed by atoms with Crippen molar-refractivity contribution in [2.24, 2.45) is 0 Å². The van der Waals surface area contributed by atoms with Crippen LogP contribution >= 0.6 is 11.8 Å². The normalized spacial score (nSPS) is 10.4. The van der Waals surface area contributed by atoms with E-state index in [1.54, 1.807) is 43.0 Å². The minimum absolute atomic E-state index is 0.0549. The van der Waals surface area contributed by atoms with E-state index >= 15 is 0 Å². The number of amides is 1. The standard InChI is InChI=1S/C15H15NO4S/c1-9-4-3-5-11(15(18)19)13(9)16-14(17)12-7-6-10(20-12)8-21-2/h3-7H,8H2,1-2H3,(H,16,17)(H,18,19). The summed E-state index contributed by atoms with van der Waals surface area (Å²) in [5.41, 5.74) is 1.02. The smallest absolute Gasteiger partial charge is 0.337 e. The molecule has 0 aliphatic heterocycles. The Hall–Kier alpha value is -2.21. The lowest BCUT2D eigenvalue weighted by molar-refractivity contribution is 0.0698. The topological polar surface area (TPSA) is 79.5 Å². The van der Waals surface area contributed by atoms with Gasteiger partial charge in [-0.25, -0.2) is 4.79 Å². The molecule has 0 fully saturated rings. The molecule has 21 heavy (non-hydrogen) atoms. The number of rotatable bonds is 5. The number of aryl methyl sites for hydroxylation is 1. The van der Waals surface area contributed by atoms with Crippen molar-refractivity contribution >= 4 is 29.3 Å². The summed E-state index contributed by atoms with van der Waals surface area (Å²) in [5, 5.41) is 11.8. The van der Waals surface area contributed by atoms with Gasteiger partial charge in [0.1, 0.15) is 5.76 Å². The fraction of sp³-hybridized carbons (Fsp3) is 0.200. The molecule has 2 rings (SSSR count). The number of benzene rings is 1. The summed E-state index contributed by atoms with van der Waals surface area (Å²) in [4.78, 5) is 23.4. The highest BCUT2D eigenvalue weighted by atomic mass is 32.2. The largest absolute Gasteiger partial charge is 0.478 e. The predicted molar refractivity (Wildman–Crippen MR) is 82.0 cm³/mol. The van der Waals surface area contributed by atoms with Gasteiger partial charge in [-0.05, 0) is 36.9 Å². The minimum Gasteiger partial charge on any atom is -0.478 e. The summed E-state index contributed by atoms with van der Waals surface area (Å²) in [6, 6.07) is 8.15. The monoisotopic (exact) mass is 305 g/mol. The van der Waals surface area contributed by atoms with Crippen molar-refractivity contribution in [2.45, 2.75) is 12.7 Å². The molecule has 0 spiro atoms. The number of hydrogen-bond donors (Lipinski definition) is 2.